The topological polar surface area (TPSA) is 56.5 Å². The van der Waals surface area contributed by atoms with Crippen molar-refractivity contribution in [3.63, 3.8) is 0 Å². The molecule has 8 heteroatoms. The minimum absolute atomic E-state index is 0.220. The summed E-state index contributed by atoms with van der Waals surface area (Å²) in [5.74, 6) is 0.481. The number of halogens is 2. The average Bonchev–Trinajstić information content (AvgIpc) is 3.22. The number of thioether (sulfide) groups is 1. The van der Waals surface area contributed by atoms with Crippen molar-refractivity contribution in [3.05, 3.63) is 78.9 Å². The summed E-state index contributed by atoms with van der Waals surface area (Å²) in [7, 11) is 0. The van der Waals surface area contributed by atoms with Crippen LogP contribution in [0.4, 0.5) is 8.78 Å². The van der Waals surface area contributed by atoms with E-state index in [2.05, 4.69) is 20.2 Å². The molecule has 0 radical (unpaired) electrons. The third-order valence-corrected chi connectivity index (χ3v) is 4.88. The number of benzene rings is 2. The van der Waals surface area contributed by atoms with Crippen molar-refractivity contribution in [1.82, 2.24) is 24.7 Å². The predicted molar refractivity (Wildman–Crippen MR) is 104 cm³/mol. The summed E-state index contributed by atoms with van der Waals surface area (Å²) < 4.78 is 26.8. The predicted octanol–water partition coefficient (Wildman–Crippen LogP) is 5.09. The van der Waals surface area contributed by atoms with Gasteiger partial charge in [-0.15, -0.1) is 10.2 Å². The zero-order chi connectivity index (χ0) is 19.3. The number of imidazole rings is 1. The zero-order valence-corrected chi connectivity index (χ0v) is 15.4. The molecule has 4 aromatic rings. The Morgan fingerprint density at radius 2 is 1.50 bits per heavy atom. The highest BCUT2D eigenvalue weighted by atomic mass is 32.2. The number of rotatable bonds is 6. The van der Waals surface area contributed by atoms with Crippen LogP contribution < -0.4 is 0 Å². The van der Waals surface area contributed by atoms with E-state index in [1.165, 1.54) is 24.2 Å². The fourth-order valence-electron chi connectivity index (χ4n) is 2.72. The van der Waals surface area contributed by atoms with E-state index in [0.717, 1.165) is 15.7 Å². The van der Waals surface area contributed by atoms with Crippen LogP contribution in [0.15, 0.2) is 78.2 Å². The first-order chi connectivity index (χ1) is 13.7. The first-order valence-electron chi connectivity index (χ1n) is 8.50. The first-order valence-corrected chi connectivity index (χ1v) is 9.49. The van der Waals surface area contributed by atoms with E-state index in [4.69, 9.17) is 0 Å². The summed E-state index contributed by atoms with van der Waals surface area (Å²) in [5, 5.41) is 8.97. The van der Waals surface area contributed by atoms with Gasteiger partial charge in [-0.05, 0) is 0 Å². The van der Waals surface area contributed by atoms with Crippen LogP contribution in [0.25, 0.3) is 22.5 Å². The van der Waals surface area contributed by atoms with E-state index in [1.807, 2.05) is 60.7 Å². The van der Waals surface area contributed by atoms with Crippen molar-refractivity contribution in [2.75, 3.05) is 0 Å². The highest BCUT2D eigenvalue weighted by Crippen LogP contribution is 2.30. The van der Waals surface area contributed by atoms with Gasteiger partial charge in [-0.3, -0.25) is 4.57 Å². The molecule has 0 aliphatic rings. The average molecular weight is 395 g/mol. The van der Waals surface area contributed by atoms with Crippen LogP contribution >= 0.6 is 11.8 Å². The number of aromatic nitrogens is 5. The van der Waals surface area contributed by atoms with Crippen LogP contribution in [-0.2, 0) is 5.75 Å². The lowest BCUT2D eigenvalue weighted by Gasteiger charge is -2.10. The molecule has 0 spiro atoms. The molecule has 2 aromatic heterocycles. The Bertz CT molecular complexity index is 1050. The quantitative estimate of drug-likeness (QED) is 0.426. The molecule has 0 amide bonds. The minimum Gasteiger partial charge on any atom is -0.277 e. The van der Waals surface area contributed by atoms with E-state index < -0.39 is 6.55 Å². The molecule has 2 heterocycles. The van der Waals surface area contributed by atoms with Crippen LogP contribution in [0, 0.1) is 0 Å². The fraction of sp³-hybridized carbons (Fsp3) is 0.100. The molecule has 0 unspecified atom stereocenters. The molecule has 0 saturated carbocycles. The Morgan fingerprint density at radius 1 is 0.857 bits per heavy atom. The molecule has 0 saturated heterocycles. The zero-order valence-electron chi connectivity index (χ0n) is 14.6. The van der Waals surface area contributed by atoms with Gasteiger partial charge >= 0.3 is 6.55 Å². The van der Waals surface area contributed by atoms with Gasteiger partial charge in [0.25, 0.3) is 0 Å². The molecule has 5 nitrogen and oxygen atoms in total. The van der Waals surface area contributed by atoms with E-state index in [-0.39, 0.29) is 11.6 Å². The number of nitrogens with zero attached hydrogens (tertiary/aromatic N) is 5. The Kier molecular flexibility index (Phi) is 5.38. The lowest BCUT2D eigenvalue weighted by molar-refractivity contribution is 0.0678. The Hall–Kier alpha value is -3.13. The third-order valence-electron chi connectivity index (χ3n) is 4.05. The molecule has 140 valence electrons. The third kappa shape index (κ3) is 3.91. The number of hydrogen-bond donors (Lipinski definition) is 0. The molecular formula is C20H15F2N5S. The maximum Gasteiger partial charge on any atom is 0.319 e. The van der Waals surface area contributed by atoms with Crippen molar-refractivity contribution in [2.24, 2.45) is 0 Å². The molecule has 0 aliphatic heterocycles. The normalized spacial score (nSPS) is 11.1. The number of alkyl halides is 2. The maximum absolute atomic E-state index is 13.0. The largest absolute Gasteiger partial charge is 0.319 e. The summed E-state index contributed by atoms with van der Waals surface area (Å²) in [5.41, 5.74) is 3.19. The Morgan fingerprint density at radius 3 is 2.14 bits per heavy atom. The molecule has 4 rings (SSSR count). The monoisotopic (exact) mass is 395 g/mol. The van der Waals surface area contributed by atoms with E-state index in [1.54, 1.807) is 0 Å². The molecule has 2 aromatic carbocycles. The van der Waals surface area contributed by atoms with Gasteiger partial charge in [0.15, 0.2) is 0 Å². The van der Waals surface area contributed by atoms with E-state index in [0.29, 0.717) is 16.5 Å². The van der Waals surface area contributed by atoms with Crippen molar-refractivity contribution < 1.29 is 8.78 Å². The van der Waals surface area contributed by atoms with Gasteiger partial charge in [-0.25, -0.2) is 9.97 Å². The summed E-state index contributed by atoms with van der Waals surface area (Å²) in [6.45, 7) is -2.63. The Balaban J connectivity index is 1.67. The minimum atomic E-state index is -2.63. The molecule has 0 bridgehead atoms. The highest BCUT2D eigenvalue weighted by Gasteiger charge is 2.16. The second-order valence-electron chi connectivity index (χ2n) is 5.84. The van der Waals surface area contributed by atoms with Crippen molar-refractivity contribution in [3.8, 4) is 22.5 Å². The summed E-state index contributed by atoms with van der Waals surface area (Å²) >= 11 is 1.22. The molecule has 0 N–H and O–H groups in total. The van der Waals surface area contributed by atoms with Gasteiger partial charge in [0, 0.05) is 23.5 Å². The summed E-state index contributed by atoms with van der Waals surface area (Å²) in [4.78, 5) is 8.64. The van der Waals surface area contributed by atoms with Gasteiger partial charge in [0.2, 0.25) is 5.16 Å². The first kappa shape index (κ1) is 18.2. The van der Waals surface area contributed by atoms with Crippen LogP contribution in [-0.4, -0.2) is 24.7 Å². The van der Waals surface area contributed by atoms with Gasteiger partial charge in [0.1, 0.15) is 17.2 Å². The van der Waals surface area contributed by atoms with E-state index >= 15 is 0 Å². The SMILES string of the molecule is FC(F)n1ccnc1CSc1nnc(-c2ccccc2)c(-c2ccccc2)n1. The van der Waals surface area contributed by atoms with Crippen molar-refractivity contribution >= 4 is 11.8 Å². The molecule has 28 heavy (non-hydrogen) atoms. The van der Waals surface area contributed by atoms with E-state index in [9.17, 15) is 8.78 Å². The number of hydrogen-bond acceptors (Lipinski definition) is 5. The smallest absolute Gasteiger partial charge is 0.277 e. The maximum atomic E-state index is 13.0. The van der Waals surface area contributed by atoms with Crippen LogP contribution in [0.5, 0.6) is 0 Å². The van der Waals surface area contributed by atoms with Gasteiger partial charge in [-0.1, -0.05) is 72.4 Å². The van der Waals surface area contributed by atoms with Gasteiger partial charge in [0.05, 0.1) is 5.75 Å². The molecule has 0 aliphatic carbocycles. The lowest BCUT2D eigenvalue weighted by Crippen LogP contribution is -2.03. The second-order valence-corrected chi connectivity index (χ2v) is 6.78. The molecule has 0 fully saturated rings. The standard InChI is InChI=1S/C20H15F2N5S/c21-19(22)27-12-11-23-16(27)13-28-20-24-17(14-7-3-1-4-8-14)18(25-26-20)15-9-5-2-6-10-15/h1-12,19H,13H2. The lowest BCUT2D eigenvalue weighted by atomic mass is 10.0. The molecule has 0 atom stereocenters. The van der Waals surface area contributed by atoms with Crippen LogP contribution in [0.2, 0.25) is 0 Å². The van der Waals surface area contributed by atoms with Crippen molar-refractivity contribution in [2.45, 2.75) is 17.5 Å². The second kappa shape index (κ2) is 8.26. The van der Waals surface area contributed by atoms with Crippen molar-refractivity contribution in [1.29, 1.82) is 0 Å². The van der Waals surface area contributed by atoms with Gasteiger partial charge < -0.3 is 0 Å². The Labute approximate surface area is 164 Å². The van der Waals surface area contributed by atoms with Gasteiger partial charge in [-0.2, -0.15) is 8.78 Å². The highest BCUT2D eigenvalue weighted by molar-refractivity contribution is 7.98. The van der Waals surface area contributed by atoms with Crippen LogP contribution in [0.1, 0.15) is 12.4 Å². The summed E-state index contributed by atoms with van der Waals surface area (Å²) in [6, 6.07) is 19.4. The fourth-order valence-corrected chi connectivity index (χ4v) is 3.46. The summed E-state index contributed by atoms with van der Waals surface area (Å²) in [6.07, 6.45) is 2.61. The molecular weight excluding hydrogens is 380 g/mol. The van der Waals surface area contributed by atoms with Crippen LogP contribution in [0.3, 0.4) is 0 Å².